The molecule has 1 saturated carbocycles. The molecule has 0 bridgehead atoms. The summed E-state index contributed by atoms with van der Waals surface area (Å²) in [5, 5.41) is 0. The molecule has 0 atom stereocenters. The number of carbonyl (C=O) groups is 4. The smallest absolute Gasteiger partial charge is 0.320 e. The number of nitrogens with zero attached hydrogens (tertiary/aromatic N) is 2. The van der Waals surface area contributed by atoms with Gasteiger partial charge in [0.05, 0.1) is 19.2 Å². The van der Waals surface area contributed by atoms with Crippen molar-refractivity contribution in [2.24, 2.45) is 10.9 Å². The van der Waals surface area contributed by atoms with Crippen molar-refractivity contribution in [3.8, 4) is 11.1 Å². The molecule has 0 radical (unpaired) electrons. The van der Waals surface area contributed by atoms with Crippen molar-refractivity contribution in [1.29, 1.82) is 0 Å². The van der Waals surface area contributed by atoms with Gasteiger partial charge >= 0.3 is 6.47 Å². The summed E-state index contributed by atoms with van der Waals surface area (Å²) in [4.78, 5) is 58.2. The topological polar surface area (TPSA) is 114 Å². The first-order valence-corrected chi connectivity index (χ1v) is 16.6. The van der Waals surface area contributed by atoms with Crippen LogP contribution < -0.4 is 5.48 Å². The fourth-order valence-corrected chi connectivity index (χ4v) is 4.92. The maximum Gasteiger partial charge on any atom is 0.320 e. The minimum atomic E-state index is -0.455. The van der Waals surface area contributed by atoms with Gasteiger partial charge in [-0.3, -0.25) is 29.1 Å². The molecule has 0 aromatic heterocycles. The molecule has 2 amide bonds. The van der Waals surface area contributed by atoms with Crippen molar-refractivity contribution in [3.63, 3.8) is 0 Å². The van der Waals surface area contributed by atoms with Gasteiger partial charge in [0.2, 0.25) is 5.91 Å². The Balaban J connectivity index is 0.000000353. The van der Waals surface area contributed by atoms with Crippen molar-refractivity contribution in [2.45, 2.75) is 74.1 Å². The van der Waals surface area contributed by atoms with Crippen LogP contribution in [0.5, 0.6) is 0 Å². The largest absolute Gasteiger partial charge is 0.501 e. The second-order valence-electron chi connectivity index (χ2n) is 11.9. The minimum absolute atomic E-state index is 0.314. The van der Waals surface area contributed by atoms with Gasteiger partial charge < -0.3 is 9.57 Å². The van der Waals surface area contributed by atoms with Crippen LogP contribution in [0.15, 0.2) is 99.8 Å². The molecule has 1 fully saturated rings. The van der Waals surface area contributed by atoms with Crippen LogP contribution in [0.3, 0.4) is 0 Å². The van der Waals surface area contributed by atoms with E-state index in [9.17, 15) is 19.2 Å². The molecule has 0 unspecified atom stereocenters. The van der Waals surface area contributed by atoms with Gasteiger partial charge in [-0.25, -0.2) is 5.48 Å². The number of allylic oxidation sites excluding steroid dienone is 5. The van der Waals surface area contributed by atoms with Gasteiger partial charge in [0.1, 0.15) is 5.76 Å². The molecule has 2 aromatic carbocycles. The number of hydrogen-bond acceptors (Lipinski definition) is 7. The Morgan fingerprint density at radius 3 is 2.12 bits per heavy atom. The van der Waals surface area contributed by atoms with E-state index < -0.39 is 11.8 Å². The number of hydroxylamine groups is 1. The SMILES string of the molecule is CC/C=C\C(C(=O)CN(C(C)=O)C(=O)C(/C=C(\C)C1CC1)=C(C)C)=C(/C)OC.CCc1ccc(-c2ccccc2C(=NC)NOC=O)cc1. The molecule has 1 N–H and O–H groups in total. The van der Waals surface area contributed by atoms with Crippen molar-refractivity contribution < 1.29 is 28.8 Å². The molecule has 262 valence electrons. The van der Waals surface area contributed by atoms with E-state index in [1.54, 1.807) is 20.0 Å². The lowest BCUT2D eigenvalue weighted by Crippen LogP contribution is -2.40. The number of Topliss-reactive ketones (excluding diaryl/α,β-unsaturated/α-hetero) is 1. The van der Waals surface area contributed by atoms with Gasteiger partial charge in [-0.2, -0.15) is 0 Å². The molecule has 0 aliphatic heterocycles. The Morgan fingerprint density at radius 2 is 1.61 bits per heavy atom. The summed E-state index contributed by atoms with van der Waals surface area (Å²) in [5.41, 5.74) is 9.65. The van der Waals surface area contributed by atoms with Crippen molar-refractivity contribution in [1.82, 2.24) is 10.4 Å². The number of aliphatic imine (C=N–C) groups is 1. The average Bonchev–Trinajstić information content (AvgIpc) is 3.96. The summed E-state index contributed by atoms with van der Waals surface area (Å²) >= 11 is 0. The highest BCUT2D eigenvalue weighted by Gasteiger charge is 2.28. The van der Waals surface area contributed by atoms with E-state index in [1.807, 2.05) is 64.1 Å². The Hall–Kier alpha value is -5.05. The standard InChI is InChI=1S/C23H33NO4.C17H18N2O2/c1-8-9-10-20(17(5)28-7)22(26)14-24(18(6)25)23(27)21(15(2)3)13-16(4)19-11-12-19;1-3-13-8-10-14(11-9-13)15-6-4-5-7-16(15)17(18-2)19-21-12-20/h9-10,13,19H,8,11-12,14H2,1-7H3;4-12H,3H2,1-2H3,(H,18,19)/b10-9-,16-13+,20-17-;. The Morgan fingerprint density at radius 1 is 0.959 bits per heavy atom. The monoisotopic (exact) mass is 669 g/mol. The highest BCUT2D eigenvalue weighted by molar-refractivity contribution is 6.10. The third-order valence-electron chi connectivity index (χ3n) is 8.08. The normalized spacial score (nSPS) is 13.4. The van der Waals surface area contributed by atoms with Crippen LogP contribution in [0.1, 0.15) is 78.9 Å². The number of imide groups is 1. The maximum absolute atomic E-state index is 13.1. The van der Waals surface area contributed by atoms with Crippen molar-refractivity contribution in [3.05, 3.63) is 106 Å². The van der Waals surface area contributed by atoms with Crippen molar-refractivity contribution >= 4 is 29.9 Å². The van der Waals surface area contributed by atoms with Gasteiger partial charge in [0.15, 0.2) is 11.6 Å². The van der Waals surface area contributed by atoms with Crippen LogP contribution in [0, 0.1) is 5.92 Å². The molecule has 9 heteroatoms. The van der Waals surface area contributed by atoms with E-state index in [0.717, 1.165) is 58.4 Å². The summed E-state index contributed by atoms with van der Waals surface area (Å²) in [6.45, 7) is 12.8. The van der Waals surface area contributed by atoms with Crippen LogP contribution in [0.25, 0.3) is 11.1 Å². The number of ether oxygens (including phenoxy) is 1. The van der Waals surface area contributed by atoms with E-state index in [-0.39, 0.29) is 12.3 Å². The van der Waals surface area contributed by atoms with Gasteiger partial charge in [0, 0.05) is 25.1 Å². The number of amidine groups is 1. The Kier molecular flexibility index (Phi) is 16.7. The van der Waals surface area contributed by atoms with E-state index >= 15 is 0 Å². The predicted octanol–water partition coefficient (Wildman–Crippen LogP) is 7.48. The number of methoxy groups -OCH3 is 1. The summed E-state index contributed by atoms with van der Waals surface area (Å²) in [7, 11) is 3.14. The van der Waals surface area contributed by atoms with E-state index in [4.69, 9.17) is 4.74 Å². The molecule has 3 rings (SSSR count). The highest BCUT2D eigenvalue weighted by Crippen LogP contribution is 2.37. The number of nitrogens with one attached hydrogen (secondary N) is 1. The zero-order chi connectivity index (χ0) is 36.5. The number of benzene rings is 2. The molecular formula is C40H51N3O6. The van der Waals surface area contributed by atoms with Crippen LogP contribution in [0.4, 0.5) is 0 Å². The second-order valence-corrected chi connectivity index (χ2v) is 11.9. The maximum atomic E-state index is 13.1. The molecular weight excluding hydrogens is 618 g/mol. The van der Waals surface area contributed by atoms with E-state index in [1.165, 1.54) is 19.6 Å². The molecule has 2 aromatic rings. The van der Waals surface area contributed by atoms with Gasteiger partial charge in [-0.1, -0.05) is 91.8 Å². The molecule has 49 heavy (non-hydrogen) atoms. The first-order chi connectivity index (χ1) is 23.4. The number of amides is 2. The summed E-state index contributed by atoms with van der Waals surface area (Å²) in [6.07, 6.45) is 9.44. The van der Waals surface area contributed by atoms with Gasteiger partial charge in [0.25, 0.3) is 5.91 Å². The zero-order valence-corrected chi connectivity index (χ0v) is 30.4. The number of ketones is 1. The fraction of sp³-hybridized carbons (Fsp3) is 0.375. The molecule has 0 spiro atoms. The first-order valence-electron chi connectivity index (χ1n) is 16.6. The van der Waals surface area contributed by atoms with E-state index in [0.29, 0.717) is 35.1 Å². The van der Waals surface area contributed by atoms with Crippen LogP contribution in [-0.2, 0) is 35.2 Å². The Bertz CT molecular complexity index is 1620. The van der Waals surface area contributed by atoms with Crippen LogP contribution in [-0.4, -0.2) is 55.5 Å². The molecule has 9 nitrogen and oxygen atoms in total. The molecule has 1 aliphatic carbocycles. The van der Waals surface area contributed by atoms with E-state index in [2.05, 4.69) is 46.5 Å². The Labute approximate surface area is 291 Å². The third kappa shape index (κ3) is 12.2. The number of rotatable bonds is 14. The summed E-state index contributed by atoms with van der Waals surface area (Å²) < 4.78 is 5.20. The summed E-state index contributed by atoms with van der Waals surface area (Å²) in [5.74, 6) is 0.268. The second kappa shape index (κ2) is 20.3. The van der Waals surface area contributed by atoms with Crippen LogP contribution in [0.2, 0.25) is 0 Å². The van der Waals surface area contributed by atoms with Crippen LogP contribution >= 0.6 is 0 Å². The number of hydrogen-bond donors (Lipinski definition) is 1. The molecule has 0 saturated heterocycles. The minimum Gasteiger partial charge on any atom is -0.501 e. The highest BCUT2D eigenvalue weighted by atomic mass is 16.7. The zero-order valence-electron chi connectivity index (χ0n) is 30.4. The lowest BCUT2D eigenvalue weighted by molar-refractivity contribution is -0.143. The van der Waals surface area contributed by atoms with Gasteiger partial charge in [-0.05, 0) is 76.0 Å². The number of aryl methyl sites for hydroxylation is 1. The first kappa shape index (κ1) is 40.1. The third-order valence-corrected chi connectivity index (χ3v) is 8.08. The summed E-state index contributed by atoms with van der Waals surface area (Å²) in [6, 6.07) is 16.3. The average molecular weight is 670 g/mol. The molecule has 1 aliphatic rings. The fourth-order valence-electron chi connectivity index (χ4n) is 4.92. The lowest BCUT2D eigenvalue weighted by atomic mass is 9.97. The lowest BCUT2D eigenvalue weighted by Gasteiger charge is -2.21. The van der Waals surface area contributed by atoms with Gasteiger partial charge in [-0.15, -0.1) is 0 Å². The molecule has 0 heterocycles. The predicted molar refractivity (Wildman–Crippen MR) is 195 cm³/mol. The quantitative estimate of drug-likeness (QED) is 0.0422. The van der Waals surface area contributed by atoms with Crippen molar-refractivity contribution in [2.75, 3.05) is 20.7 Å². The number of carbonyl (C=O) groups excluding carboxylic acids is 4.